The fourth-order valence-electron chi connectivity index (χ4n) is 3.27. The number of ether oxygens (including phenoxy) is 4. The minimum Gasteiger partial charge on any atom is -0.460 e. The molecule has 0 amide bonds. The van der Waals surface area contributed by atoms with Crippen LogP contribution in [-0.4, -0.2) is 75.0 Å². The van der Waals surface area contributed by atoms with E-state index in [1.165, 1.54) is 4.90 Å². The summed E-state index contributed by atoms with van der Waals surface area (Å²) in [5.41, 5.74) is -3.30. The van der Waals surface area contributed by atoms with Gasteiger partial charge in [0.05, 0.1) is 44.2 Å². The van der Waals surface area contributed by atoms with Crippen molar-refractivity contribution in [1.29, 1.82) is 0 Å². The van der Waals surface area contributed by atoms with Gasteiger partial charge in [-0.05, 0) is 26.8 Å². The largest absolute Gasteiger partial charge is 0.460 e. The molecule has 0 aliphatic carbocycles. The van der Waals surface area contributed by atoms with Crippen molar-refractivity contribution in [3.05, 3.63) is 22.1 Å². The molecule has 0 spiro atoms. The first-order valence-electron chi connectivity index (χ1n) is 12.0. The zero-order valence-corrected chi connectivity index (χ0v) is 22.9. The normalized spacial score (nSPS) is 15.2. The van der Waals surface area contributed by atoms with Crippen molar-refractivity contribution in [2.45, 2.75) is 77.5 Å². The van der Waals surface area contributed by atoms with E-state index < -0.39 is 31.0 Å². The van der Waals surface area contributed by atoms with Crippen molar-refractivity contribution < 1.29 is 36.9 Å². The molecule has 1 aliphatic rings. The molecule has 36 heavy (non-hydrogen) atoms. The fraction of sp³-hybridized carbons (Fsp3) is 0.783. The van der Waals surface area contributed by atoms with E-state index in [4.69, 9.17) is 18.9 Å². The highest BCUT2D eigenvalue weighted by Crippen LogP contribution is 2.35. The number of hydrogen-bond donors (Lipinski definition) is 0. The Morgan fingerprint density at radius 2 is 1.75 bits per heavy atom. The molecule has 0 unspecified atom stereocenters. The molecule has 13 heteroatoms. The summed E-state index contributed by atoms with van der Waals surface area (Å²) in [5, 5.41) is 3.90. The van der Waals surface area contributed by atoms with Gasteiger partial charge in [-0.1, -0.05) is 19.6 Å². The lowest BCUT2D eigenvalue weighted by molar-refractivity contribution is -0.156. The second-order valence-corrected chi connectivity index (χ2v) is 16.5. The summed E-state index contributed by atoms with van der Waals surface area (Å²) in [6, 6.07) is 0.829. The third-order valence-corrected chi connectivity index (χ3v) is 6.86. The number of nitrogens with zero attached hydrogens (tertiary/aromatic N) is 3. The number of hydrogen-bond acceptors (Lipinski definition) is 8. The van der Waals surface area contributed by atoms with Crippen molar-refractivity contribution in [1.82, 2.24) is 9.78 Å². The number of rotatable bonds is 13. The van der Waals surface area contributed by atoms with Crippen LogP contribution in [0.5, 0.6) is 0 Å². The van der Waals surface area contributed by atoms with Gasteiger partial charge in [-0.3, -0.25) is 9.59 Å². The lowest BCUT2D eigenvalue weighted by Gasteiger charge is -2.41. The molecule has 206 valence electrons. The Labute approximate surface area is 210 Å². The zero-order chi connectivity index (χ0) is 27.1. The molecular formula is C23H38F3N3O6Si. The van der Waals surface area contributed by atoms with E-state index in [0.717, 1.165) is 12.2 Å². The molecule has 0 radical (unpaired) electrons. The molecule has 0 atom stereocenters. The summed E-state index contributed by atoms with van der Waals surface area (Å²) in [7, 11) is -1.36. The first-order chi connectivity index (χ1) is 16.6. The van der Waals surface area contributed by atoms with Gasteiger partial charge in [0.1, 0.15) is 17.9 Å². The number of anilines is 1. The minimum absolute atomic E-state index is 0.122. The average Bonchev–Trinajstić information content (AvgIpc) is 2.67. The summed E-state index contributed by atoms with van der Waals surface area (Å²) >= 11 is 0. The van der Waals surface area contributed by atoms with Crippen molar-refractivity contribution in [2.75, 3.05) is 44.4 Å². The van der Waals surface area contributed by atoms with E-state index in [2.05, 4.69) is 24.7 Å². The molecule has 2 heterocycles. The standard InChI is InChI=1S/C23H38F3N3O6Si/c1-22(2,3)35-19(30)7-8-32-9-10-34-17-14-28(15-17)18-13-27-29(16-33-11-12-36(4,5)6)21(31)20(18)23(24,25)26/h13,17H,7-12,14-16H2,1-6H3. The van der Waals surface area contributed by atoms with Crippen LogP contribution in [-0.2, 0) is 36.6 Å². The molecule has 2 rings (SSSR count). The summed E-state index contributed by atoms with van der Waals surface area (Å²) < 4.78 is 63.5. The SMILES string of the molecule is CC(C)(C)OC(=O)CCOCCOC1CN(c2cnn(COCC[Si](C)(C)C)c(=O)c2C(F)(F)F)C1. The molecule has 1 aliphatic heterocycles. The molecule has 1 saturated heterocycles. The van der Waals surface area contributed by atoms with Crippen molar-refractivity contribution in [2.24, 2.45) is 0 Å². The molecule has 0 N–H and O–H groups in total. The van der Waals surface area contributed by atoms with Gasteiger partial charge in [0.15, 0.2) is 0 Å². The maximum atomic E-state index is 13.7. The molecular weight excluding hydrogens is 499 g/mol. The Balaban J connectivity index is 1.81. The number of esters is 1. The van der Waals surface area contributed by atoms with Gasteiger partial charge in [0.2, 0.25) is 0 Å². The van der Waals surface area contributed by atoms with Crippen molar-refractivity contribution >= 4 is 19.7 Å². The third kappa shape index (κ3) is 10.2. The fourth-order valence-corrected chi connectivity index (χ4v) is 4.03. The Morgan fingerprint density at radius 3 is 2.33 bits per heavy atom. The lowest BCUT2D eigenvalue weighted by Crippen LogP contribution is -2.54. The maximum Gasteiger partial charge on any atom is 0.423 e. The van der Waals surface area contributed by atoms with Crippen LogP contribution in [0.3, 0.4) is 0 Å². The highest BCUT2D eigenvalue weighted by Gasteiger charge is 2.42. The van der Waals surface area contributed by atoms with Gasteiger partial charge in [0.25, 0.3) is 5.56 Å². The third-order valence-electron chi connectivity index (χ3n) is 5.16. The topological polar surface area (TPSA) is 92.1 Å². The Hall–Kier alpha value is -1.96. The van der Waals surface area contributed by atoms with Crippen LogP contribution in [0.1, 0.15) is 32.8 Å². The highest BCUT2D eigenvalue weighted by molar-refractivity contribution is 6.76. The summed E-state index contributed by atoms with van der Waals surface area (Å²) in [5.74, 6) is -0.354. The van der Waals surface area contributed by atoms with Gasteiger partial charge in [-0.25, -0.2) is 4.68 Å². The molecule has 1 fully saturated rings. The van der Waals surface area contributed by atoms with Crippen LogP contribution >= 0.6 is 0 Å². The monoisotopic (exact) mass is 537 g/mol. The van der Waals surface area contributed by atoms with Gasteiger partial charge in [-0.2, -0.15) is 18.3 Å². The molecule has 0 bridgehead atoms. The maximum absolute atomic E-state index is 13.7. The first-order valence-corrected chi connectivity index (χ1v) is 15.7. The minimum atomic E-state index is -4.83. The predicted octanol–water partition coefficient (Wildman–Crippen LogP) is 3.53. The van der Waals surface area contributed by atoms with E-state index >= 15 is 0 Å². The van der Waals surface area contributed by atoms with Gasteiger partial charge in [0, 0.05) is 27.8 Å². The molecule has 1 aromatic heterocycles. The Bertz CT molecular complexity index is 922. The van der Waals surface area contributed by atoms with E-state index in [1.807, 2.05) is 0 Å². The van der Waals surface area contributed by atoms with E-state index in [0.29, 0.717) is 11.3 Å². The van der Waals surface area contributed by atoms with E-state index in [9.17, 15) is 22.8 Å². The van der Waals surface area contributed by atoms with Crippen LogP contribution in [0.25, 0.3) is 0 Å². The smallest absolute Gasteiger partial charge is 0.423 e. The quantitative estimate of drug-likeness (QED) is 0.214. The summed E-state index contributed by atoms with van der Waals surface area (Å²) in [6.07, 6.45) is -3.95. The van der Waals surface area contributed by atoms with Crippen molar-refractivity contribution in [3.8, 4) is 0 Å². The van der Waals surface area contributed by atoms with E-state index in [-0.39, 0.29) is 63.8 Å². The van der Waals surface area contributed by atoms with Crippen LogP contribution in [0.4, 0.5) is 18.9 Å². The number of alkyl halides is 3. The van der Waals surface area contributed by atoms with Gasteiger partial charge < -0.3 is 23.8 Å². The Morgan fingerprint density at radius 1 is 1.08 bits per heavy atom. The summed E-state index contributed by atoms with van der Waals surface area (Å²) in [4.78, 5) is 25.6. The van der Waals surface area contributed by atoms with Crippen LogP contribution in [0, 0.1) is 0 Å². The van der Waals surface area contributed by atoms with Crippen LogP contribution in [0.2, 0.25) is 25.7 Å². The van der Waals surface area contributed by atoms with Crippen LogP contribution < -0.4 is 10.5 Å². The summed E-state index contributed by atoms with van der Waals surface area (Å²) in [6.45, 7) is 12.9. The Kier molecular flexibility index (Phi) is 10.5. The highest BCUT2D eigenvalue weighted by atomic mass is 28.3. The number of halogens is 3. The molecule has 9 nitrogen and oxygen atoms in total. The van der Waals surface area contributed by atoms with Crippen LogP contribution in [0.15, 0.2) is 11.0 Å². The lowest BCUT2D eigenvalue weighted by atomic mass is 10.1. The first kappa shape index (κ1) is 30.3. The van der Waals surface area contributed by atoms with Crippen molar-refractivity contribution in [3.63, 3.8) is 0 Å². The number of carbonyl (C=O) groups excluding carboxylic acids is 1. The number of carbonyl (C=O) groups is 1. The second kappa shape index (κ2) is 12.5. The van der Waals surface area contributed by atoms with Gasteiger partial charge in [-0.15, -0.1) is 0 Å². The average molecular weight is 538 g/mol. The van der Waals surface area contributed by atoms with E-state index in [1.54, 1.807) is 20.8 Å². The zero-order valence-electron chi connectivity index (χ0n) is 21.9. The molecule has 0 saturated carbocycles. The molecule has 1 aromatic rings. The predicted molar refractivity (Wildman–Crippen MR) is 131 cm³/mol. The molecule has 0 aromatic carbocycles. The number of aromatic nitrogens is 2. The second-order valence-electron chi connectivity index (χ2n) is 10.9. The van der Waals surface area contributed by atoms with Gasteiger partial charge >= 0.3 is 12.1 Å².